The van der Waals surface area contributed by atoms with Crippen LogP contribution in [-0.4, -0.2) is 44.2 Å². The molecular weight excluding hydrogens is 188 g/mol. The monoisotopic (exact) mass is 206 g/mol. The van der Waals surface area contributed by atoms with Crippen LogP contribution in [0.1, 0.15) is 33.1 Å². The highest BCUT2D eigenvalue weighted by Crippen LogP contribution is 2.15. The second kappa shape index (κ2) is 5.29. The van der Waals surface area contributed by atoms with Crippen molar-refractivity contribution in [1.82, 2.24) is 0 Å². The van der Waals surface area contributed by atoms with Crippen molar-refractivity contribution in [3.63, 3.8) is 0 Å². The Bertz CT molecular complexity index is 184. The molecule has 0 heterocycles. The molecule has 14 heavy (non-hydrogen) atoms. The van der Waals surface area contributed by atoms with E-state index in [1.54, 1.807) is 0 Å². The van der Waals surface area contributed by atoms with E-state index in [1.807, 2.05) is 0 Å². The van der Waals surface area contributed by atoms with E-state index < -0.39 is 23.8 Å². The van der Waals surface area contributed by atoms with Gasteiger partial charge in [0, 0.05) is 0 Å². The molecule has 0 aromatic rings. The summed E-state index contributed by atoms with van der Waals surface area (Å²) in [5.41, 5.74) is -1.19. The van der Waals surface area contributed by atoms with Gasteiger partial charge in [0.25, 0.3) is 0 Å². The van der Waals surface area contributed by atoms with Gasteiger partial charge in [-0.15, -0.1) is 0 Å². The van der Waals surface area contributed by atoms with Crippen LogP contribution >= 0.6 is 0 Å². The molecule has 5 nitrogen and oxygen atoms in total. The van der Waals surface area contributed by atoms with Crippen molar-refractivity contribution < 1.29 is 25.2 Å². The summed E-state index contributed by atoms with van der Waals surface area (Å²) in [6, 6.07) is 0. The van der Waals surface area contributed by atoms with E-state index >= 15 is 0 Å². The predicted molar refractivity (Wildman–Crippen MR) is 49.8 cm³/mol. The molecule has 84 valence electrons. The standard InChI is InChI=1S/C9H18O5/c1-9(2,14)7(11)5-3-4-6(10)8(12)13/h6-7,10-11,14H,3-5H2,1-2H3,(H,12,13). The van der Waals surface area contributed by atoms with Gasteiger partial charge < -0.3 is 20.4 Å². The minimum atomic E-state index is -1.39. The smallest absolute Gasteiger partial charge is 0.332 e. The Morgan fingerprint density at radius 2 is 1.79 bits per heavy atom. The molecule has 0 fully saturated rings. The van der Waals surface area contributed by atoms with Gasteiger partial charge in [-0.2, -0.15) is 0 Å². The van der Waals surface area contributed by atoms with Crippen LogP contribution in [0.15, 0.2) is 0 Å². The number of aliphatic hydroxyl groups excluding tert-OH is 2. The van der Waals surface area contributed by atoms with Crippen LogP contribution in [0, 0.1) is 0 Å². The zero-order valence-corrected chi connectivity index (χ0v) is 8.47. The first-order valence-corrected chi connectivity index (χ1v) is 4.56. The number of carboxylic acids is 1. The van der Waals surface area contributed by atoms with Crippen molar-refractivity contribution in [2.75, 3.05) is 0 Å². The SMILES string of the molecule is CC(C)(O)C(O)CCCC(O)C(=O)O. The molecule has 0 bridgehead atoms. The van der Waals surface area contributed by atoms with Gasteiger partial charge in [0.1, 0.15) is 0 Å². The molecule has 0 aromatic carbocycles. The summed E-state index contributed by atoms with van der Waals surface area (Å²) in [6.45, 7) is 2.95. The lowest BCUT2D eigenvalue weighted by Crippen LogP contribution is -2.35. The molecule has 0 aromatic heterocycles. The molecule has 4 N–H and O–H groups in total. The summed E-state index contributed by atoms with van der Waals surface area (Å²) in [5.74, 6) is -1.26. The van der Waals surface area contributed by atoms with Gasteiger partial charge in [-0.25, -0.2) is 4.79 Å². The Balaban J connectivity index is 3.70. The third-order valence-corrected chi connectivity index (χ3v) is 2.06. The number of aliphatic hydroxyl groups is 3. The zero-order chi connectivity index (χ0) is 11.4. The third-order valence-electron chi connectivity index (χ3n) is 2.06. The van der Waals surface area contributed by atoms with Gasteiger partial charge in [0.05, 0.1) is 11.7 Å². The maximum absolute atomic E-state index is 10.2. The van der Waals surface area contributed by atoms with Crippen LogP contribution in [0.2, 0.25) is 0 Å². The highest BCUT2D eigenvalue weighted by molar-refractivity contribution is 5.71. The van der Waals surface area contributed by atoms with Crippen LogP contribution in [0.4, 0.5) is 0 Å². The lowest BCUT2D eigenvalue weighted by Gasteiger charge is -2.24. The number of aliphatic carboxylic acids is 1. The highest BCUT2D eigenvalue weighted by atomic mass is 16.4. The number of rotatable bonds is 6. The minimum absolute atomic E-state index is 0.0858. The van der Waals surface area contributed by atoms with Gasteiger partial charge in [0.2, 0.25) is 0 Å². The van der Waals surface area contributed by atoms with Gasteiger partial charge in [-0.3, -0.25) is 0 Å². The lowest BCUT2D eigenvalue weighted by atomic mass is 9.96. The molecule has 0 aliphatic carbocycles. The third kappa shape index (κ3) is 5.16. The van der Waals surface area contributed by atoms with Crippen molar-refractivity contribution in [2.24, 2.45) is 0 Å². The maximum Gasteiger partial charge on any atom is 0.332 e. The molecule has 0 rings (SSSR count). The molecule has 0 saturated carbocycles. The van der Waals surface area contributed by atoms with Gasteiger partial charge in [-0.05, 0) is 33.1 Å². The molecule has 0 saturated heterocycles. The summed E-state index contributed by atoms with van der Waals surface area (Å²) in [6.07, 6.45) is -1.57. The Morgan fingerprint density at radius 3 is 2.14 bits per heavy atom. The Labute approximate surface area is 83.0 Å². The average molecular weight is 206 g/mol. The van der Waals surface area contributed by atoms with Crippen LogP contribution in [0.25, 0.3) is 0 Å². The summed E-state index contributed by atoms with van der Waals surface area (Å²) >= 11 is 0. The van der Waals surface area contributed by atoms with E-state index in [0.29, 0.717) is 6.42 Å². The topological polar surface area (TPSA) is 98.0 Å². The van der Waals surface area contributed by atoms with Crippen LogP contribution in [0.3, 0.4) is 0 Å². The van der Waals surface area contributed by atoms with Gasteiger partial charge in [0.15, 0.2) is 6.10 Å². The molecule has 0 spiro atoms. The Hall–Kier alpha value is -0.650. The van der Waals surface area contributed by atoms with E-state index in [9.17, 15) is 15.0 Å². The molecule has 2 atom stereocenters. The Kier molecular flexibility index (Phi) is 5.04. The van der Waals surface area contributed by atoms with Crippen molar-refractivity contribution in [3.05, 3.63) is 0 Å². The van der Waals surface area contributed by atoms with E-state index in [2.05, 4.69) is 0 Å². The summed E-state index contributed by atoms with van der Waals surface area (Å²) in [4.78, 5) is 10.2. The molecule has 0 amide bonds. The molecule has 0 aliphatic rings. The molecule has 0 radical (unpaired) electrons. The molecule has 0 aliphatic heterocycles. The van der Waals surface area contributed by atoms with Crippen molar-refractivity contribution in [1.29, 1.82) is 0 Å². The number of carbonyl (C=O) groups is 1. The fraction of sp³-hybridized carbons (Fsp3) is 0.889. The lowest BCUT2D eigenvalue weighted by molar-refractivity contribution is -0.147. The molecule has 2 unspecified atom stereocenters. The second-order valence-corrected chi connectivity index (χ2v) is 3.95. The summed E-state index contributed by atoms with van der Waals surface area (Å²) in [7, 11) is 0. The zero-order valence-electron chi connectivity index (χ0n) is 8.47. The van der Waals surface area contributed by atoms with E-state index in [4.69, 9.17) is 10.2 Å². The number of hydrogen-bond acceptors (Lipinski definition) is 4. The minimum Gasteiger partial charge on any atom is -0.479 e. The average Bonchev–Trinajstić information content (AvgIpc) is 2.01. The van der Waals surface area contributed by atoms with Crippen molar-refractivity contribution >= 4 is 5.97 Å². The first-order valence-electron chi connectivity index (χ1n) is 4.56. The van der Waals surface area contributed by atoms with Crippen LogP contribution in [-0.2, 0) is 4.79 Å². The van der Waals surface area contributed by atoms with Crippen LogP contribution in [0.5, 0.6) is 0 Å². The largest absolute Gasteiger partial charge is 0.479 e. The first kappa shape index (κ1) is 13.4. The fourth-order valence-corrected chi connectivity index (χ4v) is 0.981. The van der Waals surface area contributed by atoms with Crippen molar-refractivity contribution in [2.45, 2.75) is 50.9 Å². The first-order chi connectivity index (χ1) is 6.25. The Morgan fingerprint density at radius 1 is 1.29 bits per heavy atom. The summed E-state index contributed by atoms with van der Waals surface area (Å²) in [5, 5.41) is 35.9. The predicted octanol–water partition coefficient (Wildman–Crippen LogP) is -0.266. The van der Waals surface area contributed by atoms with E-state index in [1.165, 1.54) is 13.8 Å². The van der Waals surface area contributed by atoms with Crippen molar-refractivity contribution in [3.8, 4) is 0 Å². The van der Waals surface area contributed by atoms with Gasteiger partial charge >= 0.3 is 5.97 Å². The molecular formula is C9H18O5. The quantitative estimate of drug-likeness (QED) is 0.479. The van der Waals surface area contributed by atoms with E-state index in [-0.39, 0.29) is 12.8 Å². The number of hydrogen-bond donors (Lipinski definition) is 4. The van der Waals surface area contributed by atoms with Crippen LogP contribution < -0.4 is 0 Å². The highest BCUT2D eigenvalue weighted by Gasteiger charge is 2.24. The summed E-state index contributed by atoms with van der Waals surface area (Å²) < 4.78 is 0. The fourth-order valence-electron chi connectivity index (χ4n) is 0.981. The second-order valence-electron chi connectivity index (χ2n) is 3.95. The van der Waals surface area contributed by atoms with E-state index in [0.717, 1.165) is 0 Å². The number of carboxylic acid groups (broad SMARTS) is 1. The maximum atomic E-state index is 10.2. The normalized spacial score (nSPS) is 16.4. The molecule has 5 heteroatoms. The van der Waals surface area contributed by atoms with Gasteiger partial charge in [-0.1, -0.05) is 0 Å².